The number of rotatable bonds is 8. The lowest BCUT2D eigenvalue weighted by Crippen LogP contribution is -2.07. The fourth-order valence-electron chi connectivity index (χ4n) is 0.549. The van der Waals surface area contributed by atoms with E-state index in [1.54, 1.807) is 0 Å². The molecule has 0 amide bonds. The second-order valence-corrected chi connectivity index (χ2v) is 5.59. The second-order valence-electron chi connectivity index (χ2n) is 2.12. The van der Waals surface area contributed by atoms with Crippen LogP contribution in [0.5, 0.6) is 0 Å². The van der Waals surface area contributed by atoms with Gasteiger partial charge in [0.25, 0.3) is 0 Å². The third-order valence-electron chi connectivity index (χ3n) is 1.02. The first-order valence-corrected chi connectivity index (χ1v) is 6.71. The van der Waals surface area contributed by atoms with Crippen molar-refractivity contribution in [2.24, 2.45) is 0 Å². The summed E-state index contributed by atoms with van der Waals surface area (Å²) < 4.78 is 38.6. The predicted octanol–water partition coefficient (Wildman–Crippen LogP) is 0.189. The van der Waals surface area contributed by atoms with E-state index in [0.717, 1.165) is 0 Å². The van der Waals surface area contributed by atoms with Crippen LogP contribution < -0.4 is 0 Å². The highest BCUT2D eigenvalue weighted by Crippen LogP contribution is 2.07. The average Bonchev–Trinajstić information content (AvgIpc) is 2.08. The van der Waals surface area contributed by atoms with Crippen LogP contribution in [-0.4, -0.2) is 45.2 Å². The van der Waals surface area contributed by atoms with Gasteiger partial charge in [0.2, 0.25) is 0 Å². The normalized spacial score (nSPS) is 11.1. The minimum Gasteiger partial charge on any atom is -0.378 e. The zero-order valence-electron chi connectivity index (χ0n) is 7.51. The van der Waals surface area contributed by atoms with Gasteiger partial charge in [-0.3, -0.25) is 4.55 Å². The fraction of sp³-hybridized carbons (Fsp3) is 0.714. The average molecular weight is 240 g/mol. The van der Waals surface area contributed by atoms with Crippen LogP contribution in [0, 0.1) is 12.3 Å². The van der Waals surface area contributed by atoms with Crippen LogP contribution >= 0.6 is 10.8 Å². The quantitative estimate of drug-likeness (QED) is 0.282. The largest absolute Gasteiger partial charge is 0.378 e. The SMILES string of the molecule is C#CCOCCOCCSS(=O)(=O)O. The van der Waals surface area contributed by atoms with Gasteiger partial charge in [-0.25, -0.2) is 0 Å². The van der Waals surface area contributed by atoms with E-state index >= 15 is 0 Å². The maximum Gasteiger partial charge on any atom is 0.319 e. The molecule has 0 fully saturated rings. The van der Waals surface area contributed by atoms with Gasteiger partial charge in [-0.1, -0.05) is 5.92 Å². The smallest absolute Gasteiger partial charge is 0.319 e. The van der Waals surface area contributed by atoms with Crippen LogP contribution in [0.15, 0.2) is 0 Å². The van der Waals surface area contributed by atoms with Crippen LogP contribution in [0.3, 0.4) is 0 Å². The van der Waals surface area contributed by atoms with E-state index in [9.17, 15) is 8.42 Å². The van der Waals surface area contributed by atoms with E-state index in [4.69, 9.17) is 20.4 Å². The lowest BCUT2D eigenvalue weighted by molar-refractivity contribution is 0.0674. The highest BCUT2D eigenvalue weighted by molar-refractivity contribution is 8.69. The minimum absolute atomic E-state index is 0.188. The summed E-state index contributed by atoms with van der Waals surface area (Å²) in [5, 5.41) is 0. The summed E-state index contributed by atoms with van der Waals surface area (Å²) in [5.41, 5.74) is 0. The monoisotopic (exact) mass is 240 g/mol. The first kappa shape index (κ1) is 13.7. The highest BCUT2D eigenvalue weighted by atomic mass is 33.1. The van der Waals surface area contributed by atoms with Gasteiger partial charge in [-0.2, -0.15) is 8.42 Å². The van der Waals surface area contributed by atoms with Gasteiger partial charge in [0.1, 0.15) is 6.61 Å². The Morgan fingerprint density at radius 3 is 2.50 bits per heavy atom. The van der Waals surface area contributed by atoms with Gasteiger partial charge < -0.3 is 9.47 Å². The van der Waals surface area contributed by atoms with E-state index in [0.29, 0.717) is 24.0 Å². The Kier molecular flexibility index (Phi) is 7.93. The van der Waals surface area contributed by atoms with Crippen LogP contribution in [-0.2, 0) is 18.6 Å². The van der Waals surface area contributed by atoms with Crippen molar-refractivity contribution in [3.05, 3.63) is 0 Å². The van der Waals surface area contributed by atoms with Crippen molar-refractivity contribution in [2.75, 3.05) is 32.2 Å². The molecule has 1 N–H and O–H groups in total. The van der Waals surface area contributed by atoms with Crippen LogP contribution in [0.2, 0.25) is 0 Å². The Hall–Kier alpha value is -0.260. The first-order valence-electron chi connectivity index (χ1n) is 3.77. The highest BCUT2D eigenvalue weighted by Gasteiger charge is 2.03. The predicted molar refractivity (Wildman–Crippen MR) is 54.5 cm³/mol. The lowest BCUT2D eigenvalue weighted by Gasteiger charge is -2.02. The Morgan fingerprint density at radius 1 is 1.29 bits per heavy atom. The molecule has 0 radical (unpaired) electrons. The molecular formula is C7H12O5S2. The van der Waals surface area contributed by atoms with Crippen LogP contribution in [0.1, 0.15) is 0 Å². The molecular weight excluding hydrogens is 228 g/mol. The molecule has 5 nitrogen and oxygen atoms in total. The van der Waals surface area contributed by atoms with E-state index in [1.807, 2.05) is 0 Å². The molecule has 0 aliphatic carbocycles. The van der Waals surface area contributed by atoms with Crippen molar-refractivity contribution in [2.45, 2.75) is 0 Å². The summed E-state index contributed by atoms with van der Waals surface area (Å²) in [6, 6.07) is 0. The van der Waals surface area contributed by atoms with Crippen molar-refractivity contribution in [1.29, 1.82) is 0 Å². The topological polar surface area (TPSA) is 72.8 Å². The summed E-state index contributed by atoms with van der Waals surface area (Å²) >= 11 is 0. The van der Waals surface area contributed by atoms with Crippen molar-refractivity contribution < 1.29 is 22.4 Å². The summed E-state index contributed by atoms with van der Waals surface area (Å²) in [7, 11) is -3.52. The Labute approximate surface area is 87.3 Å². The Balaban J connectivity index is 3.12. The molecule has 0 heterocycles. The summed E-state index contributed by atoms with van der Waals surface area (Å²) in [5.74, 6) is 2.48. The van der Waals surface area contributed by atoms with Crippen LogP contribution in [0.4, 0.5) is 0 Å². The first-order chi connectivity index (χ1) is 6.56. The molecule has 0 aromatic heterocycles. The third-order valence-corrected chi connectivity index (χ3v) is 3.04. The molecule has 0 unspecified atom stereocenters. The number of hydrogen-bond donors (Lipinski definition) is 1. The van der Waals surface area contributed by atoms with Gasteiger partial charge >= 0.3 is 9.15 Å². The molecule has 0 saturated carbocycles. The molecule has 0 spiro atoms. The van der Waals surface area contributed by atoms with E-state index in [1.165, 1.54) is 0 Å². The second kappa shape index (κ2) is 8.08. The summed E-state index contributed by atoms with van der Waals surface area (Å²) in [6.07, 6.45) is 4.93. The third kappa shape index (κ3) is 11.7. The molecule has 0 saturated heterocycles. The van der Waals surface area contributed by atoms with Gasteiger partial charge in [-0.05, 0) is 10.8 Å². The fourth-order valence-corrected chi connectivity index (χ4v) is 1.78. The molecule has 0 aromatic rings. The van der Waals surface area contributed by atoms with Crippen molar-refractivity contribution in [1.82, 2.24) is 0 Å². The van der Waals surface area contributed by atoms with E-state index in [-0.39, 0.29) is 19.0 Å². The zero-order chi connectivity index (χ0) is 10.9. The van der Waals surface area contributed by atoms with E-state index < -0.39 is 9.15 Å². The maximum absolute atomic E-state index is 10.2. The molecule has 0 bridgehead atoms. The molecule has 0 aliphatic rings. The molecule has 82 valence electrons. The standard InChI is InChI=1S/C7H12O5S2/c1-2-3-11-4-5-12-6-7-13-14(8,9)10/h1H,3-7H2,(H,8,9,10). The minimum atomic E-state index is -3.95. The molecule has 0 atom stereocenters. The number of hydrogen-bond acceptors (Lipinski definition) is 5. The van der Waals surface area contributed by atoms with Crippen molar-refractivity contribution in [3.63, 3.8) is 0 Å². The van der Waals surface area contributed by atoms with Gasteiger partial charge in [-0.15, -0.1) is 6.42 Å². The molecule has 14 heavy (non-hydrogen) atoms. The van der Waals surface area contributed by atoms with E-state index in [2.05, 4.69) is 5.92 Å². The maximum atomic E-state index is 10.2. The summed E-state index contributed by atoms with van der Waals surface area (Å²) in [4.78, 5) is 0. The van der Waals surface area contributed by atoms with Crippen molar-refractivity contribution in [3.8, 4) is 12.3 Å². The molecule has 0 aliphatic heterocycles. The van der Waals surface area contributed by atoms with Crippen molar-refractivity contribution >= 4 is 19.9 Å². The molecule has 0 rings (SSSR count). The lowest BCUT2D eigenvalue weighted by atomic mass is 10.7. The molecule has 0 aromatic carbocycles. The van der Waals surface area contributed by atoms with Gasteiger partial charge in [0, 0.05) is 5.75 Å². The zero-order valence-corrected chi connectivity index (χ0v) is 9.14. The van der Waals surface area contributed by atoms with Gasteiger partial charge in [0.15, 0.2) is 0 Å². The summed E-state index contributed by atoms with van der Waals surface area (Å²) in [6.45, 7) is 1.21. The Morgan fingerprint density at radius 2 is 1.93 bits per heavy atom. The van der Waals surface area contributed by atoms with Gasteiger partial charge in [0.05, 0.1) is 19.8 Å². The Bertz CT molecular complexity index is 266. The number of ether oxygens (including phenoxy) is 2. The number of terminal acetylenes is 1. The molecule has 7 heteroatoms. The van der Waals surface area contributed by atoms with Crippen LogP contribution in [0.25, 0.3) is 0 Å².